The van der Waals surface area contributed by atoms with E-state index in [2.05, 4.69) is 0 Å². The lowest BCUT2D eigenvalue weighted by Gasteiger charge is -2.08. The van der Waals surface area contributed by atoms with Crippen LogP contribution in [0, 0.1) is 10.1 Å². The van der Waals surface area contributed by atoms with E-state index >= 15 is 0 Å². The highest BCUT2D eigenvalue weighted by Crippen LogP contribution is 2.35. The van der Waals surface area contributed by atoms with Gasteiger partial charge in [-0.2, -0.15) is 0 Å². The van der Waals surface area contributed by atoms with Crippen molar-refractivity contribution < 1.29 is 9.72 Å². The van der Waals surface area contributed by atoms with Crippen LogP contribution in [0.25, 0.3) is 0 Å². The Balaban J connectivity index is 2.58. The van der Waals surface area contributed by atoms with Crippen molar-refractivity contribution in [2.24, 2.45) is 5.73 Å². The van der Waals surface area contributed by atoms with E-state index in [1.807, 2.05) is 0 Å². The average Bonchev–Trinajstić information content (AvgIpc) is 3.00. The maximum absolute atomic E-state index is 11.1. The number of nitrogens with two attached hydrogens (primary N) is 2. The van der Waals surface area contributed by atoms with E-state index in [4.69, 9.17) is 11.5 Å². The van der Waals surface area contributed by atoms with E-state index < -0.39 is 10.8 Å². The Morgan fingerprint density at radius 2 is 2.06 bits per heavy atom. The van der Waals surface area contributed by atoms with Crippen LogP contribution in [0.2, 0.25) is 0 Å². The first-order valence-electron chi connectivity index (χ1n) is 4.63. The largest absolute Gasteiger partial charge is 0.398 e. The molecule has 0 bridgehead atoms. The first-order chi connectivity index (χ1) is 7.50. The molecule has 4 N–H and O–H groups in total. The van der Waals surface area contributed by atoms with Crippen LogP contribution in [-0.4, -0.2) is 23.9 Å². The standard InChI is InChI=1S/C9H10N4O3/c10-6-4-8(13(15)16)7(12-1-2-12)3-5(6)9(11)14/h3-4H,1-2,10H2,(H2,11,14). The van der Waals surface area contributed by atoms with E-state index in [1.54, 1.807) is 4.90 Å². The SMILES string of the molecule is NC(=O)c1cc(N2CC2)c([N+](=O)[O-])cc1N. The van der Waals surface area contributed by atoms with Crippen LogP contribution in [0.5, 0.6) is 0 Å². The molecule has 84 valence electrons. The monoisotopic (exact) mass is 222 g/mol. The van der Waals surface area contributed by atoms with E-state index in [0.717, 1.165) is 13.1 Å². The number of benzene rings is 1. The summed E-state index contributed by atoms with van der Waals surface area (Å²) in [4.78, 5) is 23.1. The summed E-state index contributed by atoms with van der Waals surface area (Å²) in [5.41, 5.74) is 11.1. The molecule has 0 spiro atoms. The number of primary amides is 1. The minimum absolute atomic E-state index is 0.0322. The van der Waals surface area contributed by atoms with Crippen molar-refractivity contribution in [1.82, 2.24) is 0 Å². The Labute approximate surface area is 90.8 Å². The number of carbonyl (C=O) groups excluding carboxylic acids is 1. The Kier molecular flexibility index (Phi) is 2.15. The van der Waals surface area contributed by atoms with Crippen molar-refractivity contribution in [2.75, 3.05) is 23.7 Å². The highest BCUT2D eigenvalue weighted by molar-refractivity contribution is 6.00. The van der Waals surface area contributed by atoms with Gasteiger partial charge in [-0.3, -0.25) is 14.9 Å². The van der Waals surface area contributed by atoms with Crippen LogP contribution in [0.1, 0.15) is 10.4 Å². The fourth-order valence-corrected chi connectivity index (χ4v) is 1.50. The zero-order valence-electron chi connectivity index (χ0n) is 8.34. The van der Waals surface area contributed by atoms with Crippen LogP contribution in [-0.2, 0) is 0 Å². The summed E-state index contributed by atoms with van der Waals surface area (Å²) in [5, 5.41) is 10.8. The maximum atomic E-state index is 11.1. The van der Waals surface area contributed by atoms with Gasteiger partial charge in [0.2, 0.25) is 0 Å². The predicted octanol–water partition coefficient (Wildman–Crippen LogP) is 0.0959. The molecule has 1 aromatic rings. The van der Waals surface area contributed by atoms with Gasteiger partial charge in [0.25, 0.3) is 11.6 Å². The smallest absolute Gasteiger partial charge is 0.294 e. The molecule has 1 aliphatic heterocycles. The number of nitrogen functional groups attached to an aromatic ring is 1. The number of hydrogen-bond donors (Lipinski definition) is 2. The van der Waals surface area contributed by atoms with Gasteiger partial charge in [0.05, 0.1) is 16.2 Å². The maximum Gasteiger partial charge on any atom is 0.294 e. The summed E-state index contributed by atoms with van der Waals surface area (Å²) in [6.07, 6.45) is 0. The molecule has 0 aliphatic carbocycles. The average molecular weight is 222 g/mol. The topological polar surface area (TPSA) is 115 Å². The minimum atomic E-state index is -0.685. The summed E-state index contributed by atoms with van der Waals surface area (Å²) in [6, 6.07) is 2.55. The molecule has 7 heteroatoms. The van der Waals surface area contributed by atoms with Crippen molar-refractivity contribution in [1.29, 1.82) is 0 Å². The van der Waals surface area contributed by atoms with Crippen LogP contribution in [0.4, 0.5) is 17.1 Å². The number of hydrogen-bond acceptors (Lipinski definition) is 5. The molecule has 16 heavy (non-hydrogen) atoms. The number of rotatable bonds is 3. The van der Waals surface area contributed by atoms with E-state index in [1.165, 1.54) is 12.1 Å². The molecule has 1 aromatic carbocycles. The fourth-order valence-electron chi connectivity index (χ4n) is 1.50. The van der Waals surface area contributed by atoms with Crippen molar-refractivity contribution >= 4 is 23.0 Å². The van der Waals surface area contributed by atoms with Crippen LogP contribution >= 0.6 is 0 Å². The van der Waals surface area contributed by atoms with Gasteiger partial charge in [-0.25, -0.2) is 0 Å². The van der Waals surface area contributed by atoms with Crippen molar-refractivity contribution in [3.8, 4) is 0 Å². The lowest BCUT2D eigenvalue weighted by molar-refractivity contribution is -0.384. The van der Waals surface area contributed by atoms with Gasteiger partial charge in [0, 0.05) is 19.2 Å². The Morgan fingerprint density at radius 3 is 2.50 bits per heavy atom. The molecule has 0 radical (unpaired) electrons. The number of amides is 1. The quantitative estimate of drug-likeness (QED) is 0.325. The molecule has 1 aliphatic rings. The van der Waals surface area contributed by atoms with Gasteiger partial charge in [-0.15, -0.1) is 0 Å². The summed E-state index contributed by atoms with van der Waals surface area (Å²) < 4.78 is 0. The summed E-state index contributed by atoms with van der Waals surface area (Å²) in [5.74, 6) is -0.685. The van der Waals surface area contributed by atoms with E-state index in [0.29, 0.717) is 5.69 Å². The number of carbonyl (C=O) groups is 1. The highest BCUT2D eigenvalue weighted by atomic mass is 16.6. The molecule has 0 atom stereocenters. The summed E-state index contributed by atoms with van der Waals surface area (Å²) >= 11 is 0. The zero-order chi connectivity index (χ0) is 11.9. The number of nitrogens with zero attached hydrogens (tertiary/aromatic N) is 2. The van der Waals surface area contributed by atoms with Crippen LogP contribution in [0.3, 0.4) is 0 Å². The van der Waals surface area contributed by atoms with Gasteiger partial charge in [0.15, 0.2) is 0 Å². The van der Waals surface area contributed by atoms with E-state index in [9.17, 15) is 14.9 Å². The third kappa shape index (κ3) is 1.62. The second-order valence-electron chi connectivity index (χ2n) is 3.54. The second kappa shape index (κ2) is 3.37. The molecule has 0 saturated carbocycles. The lowest BCUT2D eigenvalue weighted by Crippen LogP contribution is -2.14. The first kappa shape index (κ1) is 10.2. The molecule has 1 amide bonds. The Morgan fingerprint density at radius 1 is 1.44 bits per heavy atom. The molecule has 0 unspecified atom stereocenters. The normalized spacial score (nSPS) is 13.6. The first-order valence-corrected chi connectivity index (χ1v) is 4.63. The Hall–Kier alpha value is -2.31. The van der Waals surface area contributed by atoms with Gasteiger partial charge >= 0.3 is 0 Å². The number of nitro benzene ring substituents is 1. The molecular formula is C9H10N4O3. The van der Waals surface area contributed by atoms with E-state index in [-0.39, 0.29) is 16.9 Å². The highest BCUT2D eigenvalue weighted by Gasteiger charge is 2.28. The lowest BCUT2D eigenvalue weighted by atomic mass is 10.1. The molecule has 0 aromatic heterocycles. The van der Waals surface area contributed by atoms with Crippen molar-refractivity contribution in [2.45, 2.75) is 0 Å². The van der Waals surface area contributed by atoms with Gasteiger partial charge in [-0.05, 0) is 6.07 Å². The second-order valence-corrected chi connectivity index (χ2v) is 3.54. The van der Waals surface area contributed by atoms with Crippen molar-refractivity contribution in [3.05, 3.63) is 27.8 Å². The van der Waals surface area contributed by atoms with Gasteiger partial charge < -0.3 is 16.4 Å². The predicted molar refractivity (Wildman–Crippen MR) is 58.2 cm³/mol. The molecular weight excluding hydrogens is 212 g/mol. The van der Waals surface area contributed by atoms with Crippen LogP contribution < -0.4 is 16.4 Å². The molecule has 1 saturated heterocycles. The summed E-state index contributed by atoms with van der Waals surface area (Å²) in [7, 11) is 0. The molecule has 2 rings (SSSR count). The van der Waals surface area contributed by atoms with Gasteiger partial charge in [0.1, 0.15) is 5.69 Å². The minimum Gasteiger partial charge on any atom is -0.398 e. The zero-order valence-corrected chi connectivity index (χ0v) is 8.34. The Bertz CT molecular complexity index is 482. The van der Waals surface area contributed by atoms with Gasteiger partial charge in [-0.1, -0.05) is 0 Å². The molecule has 1 heterocycles. The fraction of sp³-hybridized carbons (Fsp3) is 0.222. The number of nitro groups is 1. The third-order valence-corrected chi connectivity index (χ3v) is 2.40. The van der Waals surface area contributed by atoms with Crippen LogP contribution in [0.15, 0.2) is 12.1 Å². The molecule has 1 fully saturated rings. The third-order valence-electron chi connectivity index (χ3n) is 2.40. The molecule has 7 nitrogen and oxygen atoms in total. The van der Waals surface area contributed by atoms with Crippen molar-refractivity contribution in [3.63, 3.8) is 0 Å². The summed E-state index contributed by atoms with van der Waals surface area (Å²) in [6.45, 7) is 1.48. The number of anilines is 2.